The zero-order valence-corrected chi connectivity index (χ0v) is 12.5. The van der Waals surface area contributed by atoms with Gasteiger partial charge in [-0.3, -0.25) is 0 Å². The van der Waals surface area contributed by atoms with Gasteiger partial charge in [0.05, 0.1) is 0 Å². The molecule has 0 amide bonds. The molecule has 0 aliphatic heterocycles. The van der Waals surface area contributed by atoms with E-state index in [4.69, 9.17) is 5.73 Å². The summed E-state index contributed by atoms with van der Waals surface area (Å²) >= 11 is 0. The van der Waals surface area contributed by atoms with E-state index in [9.17, 15) is 0 Å². The molecular weight excluding hydrogens is 268 g/mol. The molecule has 2 aromatic carbocycles. The van der Waals surface area contributed by atoms with Gasteiger partial charge in [0.2, 0.25) is 0 Å². The van der Waals surface area contributed by atoms with Crippen LogP contribution in [0.1, 0.15) is 29.0 Å². The molecule has 0 aromatic heterocycles. The lowest BCUT2D eigenvalue weighted by molar-refractivity contribution is 0.990. The second-order valence-corrected chi connectivity index (χ2v) is 5.47. The van der Waals surface area contributed by atoms with Gasteiger partial charge >= 0.3 is 0 Å². The van der Waals surface area contributed by atoms with Gasteiger partial charge in [0.25, 0.3) is 0 Å². The van der Waals surface area contributed by atoms with Gasteiger partial charge in [0.15, 0.2) is 0 Å². The number of anilines is 1. The third-order valence-electron chi connectivity index (χ3n) is 3.80. The van der Waals surface area contributed by atoms with Gasteiger partial charge in [0.1, 0.15) is 0 Å². The highest BCUT2D eigenvalue weighted by atomic mass is 35.5. The van der Waals surface area contributed by atoms with Crippen LogP contribution in [0.15, 0.2) is 48.5 Å². The monoisotopic (exact) mass is 288 g/mol. The summed E-state index contributed by atoms with van der Waals surface area (Å²) in [6, 6.07) is 17.7. The van der Waals surface area contributed by atoms with Crippen molar-refractivity contribution in [2.45, 2.75) is 31.8 Å². The molecular formula is C17H21ClN2. The van der Waals surface area contributed by atoms with Crippen molar-refractivity contribution in [3.8, 4) is 0 Å². The minimum absolute atomic E-state index is 0. The number of hydrogen-bond acceptors (Lipinski definition) is 2. The van der Waals surface area contributed by atoms with Gasteiger partial charge in [-0.2, -0.15) is 0 Å². The Bertz CT molecular complexity index is 548. The van der Waals surface area contributed by atoms with Crippen LogP contribution < -0.4 is 11.1 Å². The van der Waals surface area contributed by atoms with Crippen molar-refractivity contribution in [2.75, 3.05) is 5.32 Å². The van der Waals surface area contributed by atoms with Crippen LogP contribution in [0.2, 0.25) is 0 Å². The van der Waals surface area contributed by atoms with Crippen LogP contribution in [-0.4, -0.2) is 6.04 Å². The molecule has 20 heavy (non-hydrogen) atoms. The molecule has 0 bridgehead atoms. The lowest BCUT2D eigenvalue weighted by atomic mass is 10.1. The van der Waals surface area contributed by atoms with Crippen LogP contribution in [-0.2, 0) is 6.54 Å². The highest BCUT2D eigenvalue weighted by Crippen LogP contribution is 2.39. The van der Waals surface area contributed by atoms with Gasteiger partial charge in [0, 0.05) is 24.2 Å². The predicted octanol–water partition coefficient (Wildman–Crippen LogP) is 3.84. The Labute approximate surface area is 126 Å². The number of halogens is 1. The first-order chi connectivity index (χ1) is 9.22. The SMILES string of the molecule is Cc1ccc(CNc2ccc(C3CC3N)cc2)cc1.Cl. The number of nitrogens with one attached hydrogen (secondary N) is 1. The van der Waals surface area contributed by atoms with Crippen LogP contribution in [0.5, 0.6) is 0 Å². The molecule has 3 rings (SSSR count). The average Bonchev–Trinajstić information content (AvgIpc) is 3.16. The molecule has 1 fully saturated rings. The summed E-state index contributed by atoms with van der Waals surface area (Å²) in [7, 11) is 0. The van der Waals surface area contributed by atoms with E-state index in [1.807, 2.05) is 0 Å². The van der Waals surface area contributed by atoms with Crippen molar-refractivity contribution in [3.63, 3.8) is 0 Å². The zero-order chi connectivity index (χ0) is 13.2. The highest BCUT2D eigenvalue weighted by Gasteiger charge is 2.34. The number of nitrogens with two attached hydrogens (primary N) is 1. The summed E-state index contributed by atoms with van der Waals surface area (Å²) in [5, 5.41) is 3.45. The van der Waals surface area contributed by atoms with E-state index in [1.165, 1.54) is 22.4 Å². The van der Waals surface area contributed by atoms with Crippen LogP contribution in [0, 0.1) is 6.92 Å². The molecule has 106 valence electrons. The Kier molecular flexibility index (Phi) is 4.69. The van der Waals surface area contributed by atoms with Crippen LogP contribution >= 0.6 is 12.4 Å². The largest absolute Gasteiger partial charge is 0.381 e. The molecule has 0 radical (unpaired) electrons. The summed E-state index contributed by atoms with van der Waals surface area (Å²) < 4.78 is 0. The first kappa shape index (κ1) is 14.9. The van der Waals surface area contributed by atoms with E-state index in [-0.39, 0.29) is 12.4 Å². The van der Waals surface area contributed by atoms with Gasteiger partial charge in [-0.1, -0.05) is 42.0 Å². The summed E-state index contributed by atoms with van der Waals surface area (Å²) in [5.41, 5.74) is 11.0. The minimum atomic E-state index is 0. The first-order valence-electron chi connectivity index (χ1n) is 6.87. The Hall–Kier alpha value is -1.51. The Morgan fingerprint density at radius 3 is 2.20 bits per heavy atom. The second kappa shape index (κ2) is 6.29. The fraction of sp³-hybridized carbons (Fsp3) is 0.294. The van der Waals surface area contributed by atoms with Gasteiger partial charge in [-0.25, -0.2) is 0 Å². The molecule has 0 heterocycles. The average molecular weight is 289 g/mol. The zero-order valence-electron chi connectivity index (χ0n) is 11.7. The molecule has 0 spiro atoms. The van der Waals surface area contributed by atoms with Crippen molar-refractivity contribution in [1.82, 2.24) is 0 Å². The molecule has 1 saturated carbocycles. The second-order valence-electron chi connectivity index (χ2n) is 5.47. The Balaban J connectivity index is 0.00000147. The van der Waals surface area contributed by atoms with Crippen LogP contribution in [0.3, 0.4) is 0 Å². The fourth-order valence-electron chi connectivity index (χ4n) is 2.36. The first-order valence-corrected chi connectivity index (χ1v) is 6.87. The lowest BCUT2D eigenvalue weighted by Gasteiger charge is -2.08. The van der Waals surface area contributed by atoms with Crippen LogP contribution in [0.4, 0.5) is 5.69 Å². The van der Waals surface area contributed by atoms with Crippen molar-refractivity contribution >= 4 is 18.1 Å². The maximum absolute atomic E-state index is 5.87. The summed E-state index contributed by atoms with van der Waals surface area (Å²) in [5.74, 6) is 0.589. The van der Waals surface area contributed by atoms with Gasteiger partial charge < -0.3 is 11.1 Å². The van der Waals surface area contributed by atoms with Crippen molar-refractivity contribution in [1.29, 1.82) is 0 Å². The van der Waals surface area contributed by atoms with E-state index >= 15 is 0 Å². The minimum Gasteiger partial charge on any atom is -0.381 e. The Morgan fingerprint density at radius 2 is 1.65 bits per heavy atom. The number of hydrogen-bond donors (Lipinski definition) is 2. The third-order valence-corrected chi connectivity index (χ3v) is 3.80. The third kappa shape index (κ3) is 3.53. The normalized spacial score (nSPS) is 20.1. The summed E-state index contributed by atoms with van der Waals surface area (Å²) in [6.07, 6.45) is 1.14. The lowest BCUT2D eigenvalue weighted by Crippen LogP contribution is -2.01. The number of rotatable bonds is 4. The molecule has 2 aromatic rings. The molecule has 2 nitrogen and oxygen atoms in total. The van der Waals surface area contributed by atoms with Gasteiger partial charge in [-0.05, 0) is 36.6 Å². The van der Waals surface area contributed by atoms with Gasteiger partial charge in [-0.15, -0.1) is 12.4 Å². The summed E-state index contributed by atoms with van der Waals surface area (Å²) in [6.45, 7) is 2.97. The fourth-order valence-corrected chi connectivity index (χ4v) is 2.36. The highest BCUT2D eigenvalue weighted by molar-refractivity contribution is 5.85. The van der Waals surface area contributed by atoms with Crippen LogP contribution in [0.25, 0.3) is 0 Å². The van der Waals surface area contributed by atoms with Crippen molar-refractivity contribution in [3.05, 3.63) is 65.2 Å². The molecule has 2 atom stereocenters. The van der Waals surface area contributed by atoms with E-state index in [0.717, 1.165) is 13.0 Å². The Morgan fingerprint density at radius 1 is 1.05 bits per heavy atom. The molecule has 3 N–H and O–H groups in total. The van der Waals surface area contributed by atoms with E-state index in [0.29, 0.717) is 12.0 Å². The summed E-state index contributed by atoms with van der Waals surface area (Å²) in [4.78, 5) is 0. The van der Waals surface area contributed by atoms with E-state index in [2.05, 4.69) is 60.8 Å². The van der Waals surface area contributed by atoms with Crippen molar-refractivity contribution in [2.24, 2.45) is 5.73 Å². The molecule has 3 heteroatoms. The molecule has 2 unspecified atom stereocenters. The molecule has 1 aliphatic carbocycles. The smallest absolute Gasteiger partial charge is 0.0400 e. The number of benzene rings is 2. The maximum atomic E-state index is 5.87. The maximum Gasteiger partial charge on any atom is 0.0400 e. The predicted molar refractivity (Wildman–Crippen MR) is 87.5 cm³/mol. The van der Waals surface area contributed by atoms with E-state index in [1.54, 1.807) is 0 Å². The standard InChI is InChI=1S/C17H20N2.ClH/c1-12-2-4-13(5-3-12)11-19-15-8-6-14(7-9-15)16-10-17(16)18;/h2-9,16-17,19H,10-11,18H2,1H3;1H. The molecule has 0 saturated heterocycles. The quantitative estimate of drug-likeness (QED) is 0.897. The molecule has 1 aliphatic rings. The van der Waals surface area contributed by atoms with E-state index < -0.39 is 0 Å². The number of aryl methyl sites for hydroxylation is 1. The topological polar surface area (TPSA) is 38.0 Å². The van der Waals surface area contributed by atoms with Crippen molar-refractivity contribution < 1.29 is 0 Å².